The topological polar surface area (TPSA) is 20.3 Å². The second-order valence-electron chi connectivity index (χ2n) is 5.38. The number of rotatable bonds is 3. The van der Waals surface area contributed by atoms with Gasteiger partial charge in [0, 0.05) is 24.2 Å². The van der Waals surface area contributed by atoms with Gasteiger partial charge in [0.15, 0.2) is 0 Å². The number of carbonyl (C=O) groups excluding carboxylic acids is 1. The van der Waals surface area contributed by atoms with Gasteiger partial charge < -0.3 is 4.90 Å². The van der Waals surface area contributed by atoms with Gasteiger partial charge in [0.1, 0.15) is 11.6 Å². The first-order valence-corrected chi connectivity index (χ1v) is 5.94. The molecule has 92 valence electrons. The first-order chi connectivity index (χ1) is 7.90. The van der Waals surface area contributed by atoms with E-state index in [1.807, 2.05) is 19.9 Å². The van der Waals surface area contributed by atoms with E-state index >= 15 is 0 Å². The highest BCUT2D eigenvalue weighted by Gasteiger charge is 2.30. The molecule has 2 nitrogen and oxygen atoms in total. The highest BCUT2D eigenvalue weighted by atomic mass is 19.1. The molecule has 0 saturated carbocycles. The first-order valence-electron chi connectivity index (χ1n) is 5.94. The standard InChI is InChI=1S/C14H18FNO/c1-10(17)14(2,3)9-16-7-6-11-4-5-12(15)8-13(11)16/h4-5,8H,6-7,9H2,1-3H3. The summed E-state index contributed by atoms with van der Waals surface area (Å²) in [5.74, 6) is -0.0429. The molecule has 0 amide bonds. The molecule has 0 aliphatic carbocycles. The van der Waals surface area contributed by atoms with Crippen LogP contribution in [-0.4, -0.2) is 18.9 Å². The van der Waals surface area contributed by atoms with E-state index in [2.05, 4.69) is 4.90 Å². The minimum absolute atomic E-state index is 0.169. The summed E-state index contributed by atoms with van der Waals surface area (Å²) in [4.78, 5) is 13.6. The van der Waals surface area contributed by atoms with Crippen LogP contribution in [0.15, 0.2) is 18.2 Å². The lowest BCUT2D eigenvalue weighted by Crippen LogP contribution is -2.37. The van der Waals surface area contributed by atoms with Gasteiger partial charge in [-0.1, -0.05) is 19.9 Å². The maximum Gasteiger partial charge on any atom is 0.137 e. The van der Waals surface area contributed by atoms with Crippen LogP contribution in [0.1, 0.15) is 26.3 Å². The molecule has 0 aromatic heterocycles. The summed E-state index contributed by atoms with van der Waals surface area (Å²) in [6.45, 7) is 7.01. The molecule has 0 radical (unpaired) electrons. The molecular weight excluding hydrogens is 217 g/mol. The van der Waals surface area contributed by atoms with E-state index in [4.69, 9.17) is 0 Å². The Morgan fingerprint density at radius 2 is 2.18 bits per heavy atom. The Balaban J connectivity index is 2.23. The Kier molecular flexibility index (Phi) is 2.94. The number of carbonyl (C=O) groups is 1. The summed E-state index contributed by atoms with van der Waals surface area (Å²) in [7, 11) is 0. The van der Waals surface area contributed by atoms with Gasteiger partial charge >= 0.3 is 0 Å². The van der Waals surface area contributed by atoms with Crippen molar-refractivity contribution in [3.63, 3.8) is 0 Å². The number of fused-ring (bicyclic) bond motifs is 1. The molecule has 0 saturated heterocycles. The van der Waals surface area contributed by atoms with Gasteiger partial charge in [0.05, 0.1) is 0 Å². The lowest BCUT2D eigenvalue weighted by atomic mass is 9.88. The first kappa shape index (κ1) is 12.1. The third-order valence-corrected chi connectivity index (χ3v) is 3.58. The lowest BCUT2D eigenvalue weighted by Gasteiger charge is -2.29. The van der Waals surface area contributed by atoms with Gasteiger partial charge in [-0.2, -0.15) is 0 Å². The number of ketones is 1. The highest BCUT2D eigenvalue weighted by molar-refractivity contribution is 5.82. The van der Waals surface area contributed by atoms with Crippen molar-refractivity contribution in [1.82, 2.24) is 0 Å². The zero-order chi connectivity index (χ0) is 12.6. The number of anilines is 1. The van der Waals surface area contributed by atoms with Gasteiger partial charge in [-0.05, 0) is 31.0 Å². The third-order valence-electron chi connectivity index (χ3n) is 3.58. The molecule has 0 bridgehead atoms. The molecule has 1 aliphatic rings. The van der Waals surface area contributed by atoms with E-state index in [1.54, 1.807) is 13.0 Å². The van der Waals surface area contributed by atoms with Gasteiger partial charge in [-0.15, -0.1) is 0 Å². The van der Waals surface area contributed by atoms with Gasteiger partial charge in [0.25, 0.3) is 0 Å². The van der Waals surface area contributed by atoms with Crippen molar-refractivity contribution in [2.75, 3.05) is 18.0 Å². The van der Waals surface area contributed by atoms with Crippen LogP contribution in [0.5, 0.6) is 0 Å². The predicted molar refractivity (Wildman–Crippen MR) is 66.8 cm³/mol. The van der Waals surface area contributed by atoms with Crippen LogP contribution in [-0.2, 0) is 11.2 Å². The molecule has 17 heavy (non-hydrogen) atoms. The van der Waals surface area contributed by atoms with Crippen LogP contribution >= 0.6 is 0 Å². The molecule has 2 rings (SSSR count). The Morgan fingerprint density at radius 1 is 1.47 bits per heavy atom. The fourth-order valence-electron chi connectivity index (χ4n) is 2.17. The molecule has 1 heterocycles. The van der Waals surface area contributed by atoms with Gasteiger partial charge in [-0.25, -0.2) is 4.39 Å². The summed E-state index contributed by atoms with van der Waals surface area (Å²) in [5.41, 5.74) is 1.73. The number of benzene rings is 1. The summed E-state index contributed by atoms with van der Waals surface area (Å²) >= 11 is 0. The van der Waals surface area contributed by atoms with Crippen molar-refractivity contribution in [3.8, 4) is 0 Å². The van der Waals surface area contributed by atoms with E-state index in [1.165, 1.54) is 11.6 Å². The Labute approximate surface area is 101 Å². The van der Waals surface area contributed by atoms with Crippen LogP contribution in [0.4, 0.5) is 10.1 Å². The zero-order valence-electron chi connectivity index (χ0n) is 10.6. The molecule has 0 unspecified atom stereocenters. The third kappa shape index (κ3) is 2.33. The minimum atomic E-state index is -0.381. The molecule has 1 aromatic rings. The Bertz CT molecular complexity index is 454. The minimum Gasteiger partial charge on any atom is -0.370 e. The van der Waals surface area contributed by atoms with Gasteiger partial charge in [-0.3, -0.25) is 4.79 Å². The fraction of sp³-hybridized carbons (Fsp3) is 0.500. The van der Waals surface area contributed by atoms with Crippen LogP contribution in [0, 0.1) is 11.2 Å². The number of hydrogen-bond acceptors (Lipinski definition) is 2. The zero-order valence-corrected chi connectivity index (χ0v) is 10.6. The van der Waals surface area contributed by atoms with E-state index < -0.39 is 0 Å². The molecule has 0 N–H and O–H groups in total. The number of hydrogen-bond donors (Lipinski definition) is 0. The second-order valence-corrected chi connectivity index (χ2v) is 5.38. The summed E-state index contributed by atoms with van der Waals surface area (Å²) in [5, 5.41) is 0. The van der Waals surface area contributed by atoms with Crippen molar-refractivity contribution < 1.29 is 9.18 Å². The van der Waals surface area contributed by atoms with Crippen LogP contribution in [0.2, 0.25) is 0 Å². The maximum absolute atomic E-state index is 13.2. The van der Waals surface area contributed by atoms with E-state index in [-0.39, 0.29) is 17.0 Å². The smallest absolute Gasteiger partial charge is 0.137 e. The van der Waals surface area contributed by atoms with Crippen LogP contribution in [0.25, 0.3) is 0 Å². The average Bonchev–Trinajstić information content (AvgIpc) is 2.60. The largest absolute Gasteiger partial charge is 0.370 e. The van der Waals surface area contributed by atoms with E-state index in [9.17, 15) is 9.18 Å². The number of halogens is 1. The molecule has 1 aromatic carbocycles. The molecule has 0 spiro atoms. The summed E-state index contributed by atoms with van der Waals surface area (Å²) in [6.07, 6.45) is 0.934. The number of nitrogens with zero attached hydrogens (tertiary/aromatic N) is 1. The van der Waals surface area contributed by atoms with Crippen molar-refractivity contribution in [3.05, 3.63) is 29.6 Å². The average molecular weight is 235 g/mol. The van der Waals surface area contributed by atoms with Crippen molar-refractivity contribution in [2.24, 2.45) is 5.41 Å². The summed E-state index contributed by atoms with van der Waals surface area (Å²) < 4.78 is 13.2. The predicted octanol–water partition coefficient (Wildman–Crippen LogP) is 2.80. The van der Waals surface area contributed by atoms with Crippen LogP contribution < -0.4 is 4.90 Å². The van der Waals surface area contributed by atoms with Gasteiger partial charge in [0.2, 0.25) is 0 Å². The Morgan fingerprint density at radius 3 is 2.82 bits per heavy atom. The van der Waals surface area contributed by atoms with Crippen molar-refractivity contribution in [2.45, 2.75) is 27.2 Å². The van der Waals surface area contributed by atoms with E-state index in [0.29, 0.717) is 6.54 Å². The molecule has 1 aliphatic heterocycles. The highest BCUT2D eigenvalue weighted by Crippen LogP contribution is 2.31. The second kappa shape index (κ2) is 4.13. The monoisotopic (exact) mass is 235 g/mol. The lowest BCUT2D eigenvalue weighted by molar-refractivity contribution is -0.124. The maximum atomic E-state index is 13.2. The molecule has 0 atom stereocenters. The molecular formula is C14H18FNO. The summed E-state index contributed by atoms with van der Waals surface area (Å²) in [6, 6.07) is 4.91. The number of Topliss-reactive ketones (excluding diaryl/α,β-unsaturated/α-hetero) is 1. The molecule has 0 fully saturated rings. The van der Waals surface area contributed by atoms with Crippen molar-refractivity contribution in [1.29, 1.82) is 0 Å². The van der Waals surface area contributed by atoms with Crippen LogP contribution in [0.3, 0.4) is 0 Å². The SMILES string of the molecule is CC(=O)C(C)(C)CN1CCc2ccc(F)cc21. The fourth-order valence-corrected chi connectivity index (χ4v) is 2.17. The Hall–Kier alpha value is -1.38. The van der Waals surface area contributed by atoms with E-state index in [0.717, 1.165) is 18.7 Å². The molecule has 3 heteroatoms. The quantitative estimate of drug-likeness (QED) is 0.803. The van der Waals surface area contributed by atoms with Crippen molar-refractivity contribution >= 4 is 11.5 Å². The normalized spacial score (nSPS) is 14.9.